The van der Waals surface area contributed by atoms with Crippen molar-refractivity contribution < 1.29 is 0 Å². The van der Waals surface area contributed by atoms with Crippen molar-refractivity contribution >= 4 is 21.6 Å². The molecule has 1 atom stereocenters. The molecule has 2 nitrogen and oxygen atoms in total. The number of aromatic nitrogens is 1. The predicted octanol–water partition coefficient (Wildman–Crippen LogP) is 4.14. The Morgan fingerprint density at radius 1 is 1.39 bits per heavy atom. The maximum atomic E-state index is 4.80. The highest BCUT2D eigenvalue weighted by atomic mass is 32.1. The molecular weight excluding hydrogens is 240 g/mol. The number of hydrogen-bond donors (Lipinski definition) is 1. The molecule has 0 bridgehead atoms. The Morgan fingerprint density at radius 3 is 2.89 bits per heavy atom. The van der Waals surface area contributed by atoms with E-state index in [0.29, 0.717) is 6.04 Å². The van der Waals surface area contributed by atoms with Gasteiger partial charge < -0.3 is 5.32 Å². The van der Waals surface area contributed by atoms with E-state index < -0.39 is 0 Å². The number of para-hydroxylation sites is 1. The summed E-state index contributed by atoms with van der Waals surface area (Å²) in [6.45, 7) is 3.20. The van der Waals surface area contributed by atoms with Crippen molar-refractivity contribution in [3.05, 3.63) is 29.3 Å². The van der Waals surface area contributed by atoms with E-state index in [9.17, 15) is 0 Å². The molecule has 0 spiro atoms. The normalized spacial score (nSPS) is 17.8. The number of nitrogens with one attached hydrogen (secondary N) is 1. The average Bonchev–Trinajstić information content (AvgIpc) is 2.75. The summed E-state index contributed by atoms with van der Waals surface area (Å²) >= 11 is 1.85. The zero-order valence-corrected chi connectivity index (χ0v) is 11.7. The van der Waals surface area contributed by atoms with E-state index in [-0.39, 0.29) is 0 Å². The molecule has 1 unspecified atom stereocenters. The number of nitrogens with zero attached hydrogens (tertiary/aromatic N) is 1. The fourth-order valence-electron chi connectivity index (χ4n) is 2.62. The van der Waals surface area contributed by atoms with Gasteiger partial charge in [-0.15, -0.1) is 11.3 Å². The topological polar surface area (TPSA) is 24.9 Å². The first-order valence-corrected chi connectivity index (χ1v) is 7.77. The molecule has 1 aromatic carbocycles. The van der Waals surface area contributed by atoms with Crippen LogP contribution in [0.2, 0.25) is 0 Å². The Balaban J connectivity index is 1.83. The molecular formula is C15H20N2S. The van der Waals surface area contributed by atoms with Gasteiger partial charge >= 0.3 is 0 Å². The summed E-state index contributed by atoms with van der Waals surface area (Å²) in [5.74, 6) is 0.918. The maximum Gasteiger partial charge on any atom is 0.111 e. The van der Waals surface area contributed by atoms with Gasteiger partial charge in [0, 0.05) is 0 Å². The molecule has 96 valence electrons. The van der Waals surface area contributed by atoms with Crippen LogP contribution in [0.4, 0.5) is 0 Å². The van der Waals surface area contributed by atoms with Gasteiger partial charge in [0.1, 0.15) is 5.01 Å². The van der Waals surface area contributed by atoms with Gasteiger partial charge in [0.15, 0.2) is 0 Å². The van der Waals surface area contributed by atoms with Crippen molar-refractivity contribution in [1.82, 2.24) is 10.3 Å². The van der Waals surface area contributed by atoms with Crippen LogP contribution < -0.4 is 5.32 Å². The SMILES string of the molecule is CCNC(CC1CCC1)c1nc2ccccc2s1. The minimum atomic E-state index is 0.456. The molecule has 3 rings (SSSR count). The van der Waals surface area contributed by atoms with Gasteiger partial charge in [-0.3, -0.25) is 0 Å². The molecule has 1 fully saturated rings. The largest absolute Gasteiger partial charge is 0.308 e. The molecule has 18 heavy (non-hydrogen) atoms. The van der Waals surface area contributed by atoms with Gasteiger partial charge in [-0.2, -0.15) is 0 Å². The van der Waals surface area contributed by atoms with Crippen molar-refractivity contribution in [2.24, 2.45) is 5.92 Å². The molecule has 1 N–H and O–H groups in total. The molecule has 1 heterocycles. The van der Waals surface area contributed by atoms with Crippen LogP contribution in [0.25, 0.3) is 10.2 Å². The standard InChI is InChI=1S/C15H20N2S/c1-2-16-13(10-11-6-5-7-11)15-17-12-8-3-4-9-14(12)18-15/h3-4,8-9,11,13,16H,2,5-7,10H2,1H3. The third kappa shape index (κ3) is 2.43. The molecule has 1 aliphatic carbocycles. The summed E-state index contributed by atoms with van der Waals surface area (Å²) < 4.78 is 1.31. The molecule has 2 aromatic rings. The fourth-order valence-corrected chi connectivity index (χ4v) is 3.67. The zero-order chi connectivity index (χ0) is 12.4. The van der Waals surface area contributed by atoms with Crippen LogP contribution in [0, 0.1) is 5.92 Å². The van der Waals surface area contributed by atoms with Crippen molar-refractivity contribution in [1.29, 1.82) is 0 Å². The summed E-state index contributed by atoms with van der Waals surface area (Å²) in [5.41, 5.74) is 1.15. The number of rotatable bonds is 5. The van der Waals surface area contributed by atoms with Gasteiger partial charge in [0.2, 0.25) is 0 Å². The van der Waals surface area contributed by atoms with E-state index >= 15 is 0 Å². The highest BCUT2D eigenvalue weighted by Crippen LogP contribution is 2.36. The molecule has 3 heteroatoms. The molecule has 0 saturated heterocycles. The molecule has 1 aromatic heterocycles. The highest BCUT2D eigenvalue weighted by Gasteiger charge is 2.24. The van der Waals surface area contributed by atoms with Gasteiger partial charge in [0.05, 0.1) is 16.3 Å². The lowest BCUT2D eigenvalue weighted by Gasteiger charge is -2.29. The number of benzene rings is 1. The summed E-state index contributed by atoms with van der Waals surface area (Å²) in [5, 5.41) is 4.88. The Morgan fingerprint density at radius 2 is 2.22 bits per heavy atom. The van der Waals surface area contributed by atoms with Crippen molar-refractivity contribution in [2.75, 3.05) is 6.54 Å². The van der Waals surface area contributed by atoms with Crippen LogP contribution in [0.3, 0.4) is 0 Å². The van der Waals surface area contributed by atoms with Gasteiger partial charge in [-0.1, -0.05) is 38.3 Å². The van der Waals surface area contributed by atoms with Crippen LogP contribution >= 0.6 is 11.3 Å². The molecule has 0 aliphatic heterocycles. The van der Waals surface area contributed by atoms with Crippen LogP contribution in [-0.4, -0.2) is 11.5 Å². The molecule has 0 radical (unpaired) electrons. The van der Waals surface area contributed by atoms with Crippen molar-refractivity contribution in [2.45, 2.75) is 38.6 Å². The van der Waals surface area contributed by atoms with E-state index in [1.807, 2.05) is 11.3 Å². The lowest BCUT2D eigenvalue weighted by molar-refractivity contribution is 0.262. The van der Waals surface area contributed by atoms with Crippen LogP contribution in [0.1, 0.15) is 43.7 Å². The van der Waals surface area contributed by atoms with Crippen LogP contribution in [0.5, 0.6) is 0 Å². The van der Waals surface area contributed by atoms with Gasteiger partial charge in [0.25, 0.3) is 0 Å². The first-order chi connectivity index (χ1) is 8.86. The summed E-state index contributed by atoms with van der Waals surface area (Å²) in [4.78, 5) is 4.80. The van der Waals surface area contributed by atoms with Crippen LogP contribution in [-0.2, 0) is 0 Å². The summed E-state index contributed by atoms with van der Waals surface area (Å²) in [6, 6.07) is 8.90. The smallest absolute Gasteiger partial charge is 0.111 e. The second-order valence-corrected chi connectivity index (χ2v) is 6.22. The average molecular weight is 260 g/mol. The lowest BCUT2D eigenvalue weighted by Crippen LogP contribution is -2.25. The van der Waals surface area contributed by atoms with E-state index in [2.05, 4.69) is 36.5 Å². The van der Waals surface area contributed by atoms with Gasteiger partial charge in [-0.25, -0.2) is 4.98 Å². The second kappa shape index (κ2) is 5.37. The van der Waals surface area contributed by atoms with Crippen molar-refractivity contribution in [3.63, 3.8) is 0 Å². The third-order valence-corrected chi connectivity index (χ3v) is 5.00. The van der Waals surface area contributed by atoms with E-state index in [0.717, 1.165) is 18.0 Å². The first kappa shape index (κ1) is 12.1. The monoisotopic (exact) mass is 260 g/mol. The Labute approximate surface area is 112 Å². The zero-order valence-electron chi connectivity index (χ0n) is 10.9. The Bertz CT molecular complexity index is 483. The van der Waals surface area contributed by atoms with Crippen molar-refractivity contribution in [3.8, 4) is 0 Å². The third-order valence-electron chi connectivity index (χ3n) is 3.85. The summed E-state index contributed by atoms with van der Waals surface area (Å²) in [6.07, 6.45) is 5.50. The van der Waals surface area contributed by atoms with Gasteiger partial charge in [-0.05, 0) is 31.0 Å². The minimum absolute atomic E-state index is 0.456. The second-order valence-electron chi connectivity index (χ2n) is 5.16. The quantitative estimate of drug-likeness (QED) is 0.874. The molecule has 0 amide bonds. The molecule has 1 aliphatic rings. The highest BCUT2D eigenvalue weighted by molar-refractivity contribution is 7.18. The predicted molar refractivity (Wildman–Crippen MR) is 78.0 cm³/mol. The van der Waals surface area contributed by atoms with Crippen LogP contribution in [0.15, 0.2) is 24.3 Å². The Kier molecular flexibility index (Phi) is 3.62. The number of hydrogen-bond acceptors (Lipinski definition) is 3. The van der Waals surface area contributed by atoms with E-state index in [1.54, 1.807) is 0 Å². The number of fused-ring (bicyclic) bond motifs is 1. The lowest BCUT2D eigenvalue weighted by atomic mass is 9.81. The fraction of sp³-hybridized carbons (Fsp3) is 0.533. The van der Waals surface area contributed by atoms with E-state index in [4.69, 9.17) is 4.98 Å². The van der Waals surface area contributed by atoms with E-state index in [1.165, 1.54) is 35.4 Å². The number of thiazole rings is 1. The molecule has 1 saturated carbocycles. The Hall–Kier alpha value is -0.930. The minimum Gasteiger partial charge on any atom is -0.308 e. The first-order valence-electron chi connectivity index (χ1n) is 6.95. The summed E-state index contributed by atoms with van der Waals surface area (Å²) in [7, 11) is 0. The maximum absolute atomic E-state index is 4.80.